The molecule has 1 aromatic carbocycles. The van der Waals surface area contributed by atoms with Crippen LogP contribution in [0.5, 0.6) is 0 Å². The fraction of sp³-hybridized carbons (Fsp3) is 0.429. The molecular formula is C14H16S2. The van der Waals surface area contributed by atoms with Gasteiger partial charge >= 0.3 is 0 Å². The highest BCUT2D eigenvalue weighted by molar-refractivity contribution is 8.09. The zero-order chi connectivity index (χ0) is 11.2. The maximum atomic E-state index is 2.39. The van der Waals surface area contributed by atoms with Crippen molar-refractivity contribution in [2.45, 2.75) is 42.9 Å². The summed E-state index contributed by atoms with van der Waals surface area (Å²) in [6.07, 6.45) is 3.97. The molecule has 0 bridgehead atoms. The zero-order valence-electron chi connectivity index (χ0n) is 9.75. The minimum Gasteiger partial charge on any atom is -0.0925 e. The predicted molar refractivity (Wildman–Crippen MR) is 72.8 cm³/mol. The van der Waals surface area contributed by atoms with Crippen LogP contribution in [0.2, 0.25) is 0 Å². The number of rotatable bonds is 0. The van der Waals surface area contributed by atoms with Gasteiger partial charge in [0.25, 0.3) is 0 Å². The first-order valence-electron chi connectivity index (χ1n) is 5.85. The average Bonchev–Trinajstić information content (AvgIpc) is 2.27. The van der Waals surface area contributed by atoms with Crippen LogP contribution in [0.4, 0.5) is 0 Å². The lowest BCUT2D eigenvalue weighted by Gasteiger charge is -2.37. The Balaban J connectivity index is 2.04. The van der Waals surface area contributed by atoms with Crippen LogP contribution in [0, 0.1) is 5.41 Å². The van der Waals surface area contributed by atoms with E-state index in [2.05, 4.69) is 38.1 Å². The summed E-state index contributed by atoms with van der Waals surface area (Å²) in [4.78, 5) is 6.15. The van der Waals surface area contributed by atoms with Crippen molar-refractivity contribution in [1.29, 1.82) is 0 Å². The summed E-state index contributed by atoms with van der Waals surface area (Å²) in [6, 6.07) is 8.79. The van der Waals surface area contributed by atoms with Crippen LogP contribution in [0.3, 0.4) is 0 Å². The molecule has 0 saturated carbocycles. The third-order valence-electron chi connectivity index (χ3n) is 3.37. The number of benzene rings is 1. The van der Waals surface area contributed by atoms with E-state index in [1.54, 1.807) is 9.81 Å². The Hall–Kier alpha value is -0.340. The summed E-state index contributed by atoms with van der Waals surface area (Å²) >= 11 is 4.01. The smallest absolute Gasteiger partial charge is 0.0259 e. The SMILES string of the molecule is CC1(C)CCCC2=C1Sc1ccccc1S2. The summed E-state index contributed by atoms with van der Waals surface area (Å²) in [7, 11) is 0. The Morgan fingerprint density at radius 2 is 1.75 bits per heavy atom. The number of hydrogen-bond donors (Lipinski definition) is 0. The van der Waals surface area contributed by atoms with E-state index in [-0.39, 0.29) is 0 Å². The van der Waals surface area contributed by atoms with Crippen molar-refractivity contribution in [3.05, 3.63) is 34.1 Å². The Bertz CT molecular complexity index is 458. The van der Waals surface area contributed by atoms with E-state index in [1.165, 1.54) is 29.1 Å². The second kappa shape index (κ2) is 3.85. The highest BCUT2D eigenvalue weighted by Gasteiger charge is 2.33. The Morgan fingerprint density at radius 3 is 2.50 bits per heavy atom. The molecule has 1 heterocycles. The van der Waals surface area contributed by atoms with Crippen molar-refractivity contribution in [2.24, 2.45) is 5.41 Å². The number of allylic oxidation sites excluding steroid dienone is 2. The maximum absolute atomic E-state index is 2.39. The molecule has 0 fully saturated rings. The number of fused-ring (bicyclic) bond motifs is 1. The molecule has 1 aliphatic carbocycles. The summed E-state index contributed by atoms with van der Waals surface area (Å²) in [5.41, 5.74) is 0.388. The van der Waals surface area contributed by atoms with Crippen molar-refractivity contribution in [3.63, 3.8) is 0 Å². The highest BCUT2D eigenvalue weighted by Crippen LogP contribution is 2.57. The van der Waals surface area contributed by atoms with Crippen molar-refractivity contribution in [2.75, 3.05) is 0 Å². The van der Waals surface area contributed by atoms with E-state index in [4.69, 9.17) is 0 Å². The van der Waals surface area contributed by atoms with Gasteiger partial charge in [-0.15, -0.1) is 0 Å². The minimum absolute atomic E-state index is 0.388. The van der Waals surface area contributed by atoms with Crippen LogP contribution < -0.4 is 0 Å². The average molecular weight is 248 g/mol. The largest absolute Gasteiger partial charge is 0.0925 e. The molecule has 0 N–H and O–H groups in total. The Morgan fingerprint density at radius 1 is 1.06 bits per heavy atom. The van der Waals surface area contributed by atoms with Crippen LogP contribution in [-0.4, -0.2) is 0 Å². The summed E-state index contributed by atoms with van der Waals surface area (Å²) in [5, 5.41) is 0. The van der Waals surface area contributed by atoms with Crippen LogP contribution in [0.25, 0.3) is 0 Å². The first-order chi connectivity index (χ1) is 7.67. The van der Waals surface area contributed by atoms with Gasteiger partial charge in [0, 0.05) is 19.6 Å². The molecule has 84 valence electrons. The maximum Gasteiger partial charge on any atom is 0.0259 e. The zero-order valence-corrected chi connectivity index (χ0v) is 11.4. The fourth-order valence-corrected chi connectivity index (χ4v) is 5.27. The lowest BCUT2D eigenvalue weighted by molar-refractivity contribution is 0.394. The van der Waals surface area contributed by atoms with Crippen molar-refractivity contribution < 1.29 is 0 Å². The van der Waals surface area contributed by atoms with Gasteiger partial charge in [0.15, 0.2) is 0 Å². The third kappa shape index (κ3) is 1.72. The van der Waals surface area contributed by atoms with E-state index in [0.29, 0.717) is 5.41 Å². The van der Waals surface area contributed by atoms with Crippen LogP contribution >= 0.6 is 23.5 Å². The van der Waals surface area contributed by atoms with E-state index < -0.39 is 0 Å². The second-order valence-electron chi connectivity index (χ2n) is 5.14. The quantitative estimate of drug-likeness (QED) is 0.610. The molecule has 0 unspecified atom stereocenters. The predicted octanol–water partition coefficient (Wildman–Crippen LogP) is 5.31. The molecule has 1 aliphatic heterocycles. The lowest BCUT2D eigenvalue weighted by Crippen LogP contribution is -2.19. The first kappa shape index (κ1) is 10.8. The van der Waals surface area contributed by atoms with E-state index >= 15 is 0 Å². The highest BCUT2D eigenvalue weighted by atomic mass is 32.2. The molecule has 0 amide bonds. The third-order valence-corrected chi connectivity index (χ3v) is 6.44. The molecule has 0 atom stereocenters. The Labute approximate surface area is 106 Å². The van der Waals surface area contributed by atoms with E-state index in [1.807, 2.05) is 23.5 Å². The van der Waals surface area contributed by atoms with Crippen LogP contribution in [0.1, 0.15) is 33.1 Å². The summed E-state index contributed by atoms with van der Waals surface area (Å²) in [6.45, 7) is 4.78. The Kier molecular flexibility index (Phi) is 2.60. The molecule has 0 radical (unpaired) electrons. The van der Waals surface area contributed by atoms with Crippen LogP contribution in [0.15, 0.2) is 43.9 Å². The summed E-state index contributed by atoms with van der Waals surface area (Å²) in [5.74, 6) is 0. The molecule has 0 saturated heterocycles. The van der Waals surface area contributed by atoms with Gasteiger partial charge in [-0.25, -0.2) is 0 Å². The minimum atomic E-state index is 0.388. The van der Waals surface area contributed by atoms with Crippen molar-refractivity contribution in [1.82, 2.24) is 0 Å². The second-order valence-corrected chi connectivity index (χ2v) is 7.33. The van der Waals surface area contributed by atoms with Gasteiger partial charge in [-0.2, -0.15) is 0 Å². The summed E-state index contributed by atoms with van der Waals surface area (Å²) < 4.78 is 0. The van der Waals surface area contributed by atoms with E-state index in [0.717, 1.165) is 0 Å². The van der Waals surface area contributed by atoms with E-state index in [9.17, 15) is 0 Å². The molecule has 0 aromatic heterocycles. The van der Waals surface area contributed by atoms with Gasteiger partial charge in [-0.1, -0.05) is 49.5 Å². The molecule has 2 aliphatic rings. The van der Waals surface area contributed by atoms with Gasteiger partial charge in [-0.05, 0) is 36.8 Å². The molecule has 16 heavy (non-hydrogen) atoms. The first-order valence-corrected chi connectivity index (χ1v) is 7.48. The van der Waals surface area contributed by atoms with Gasteiger partial charge in [0.05, 0.1) is 0 Å². The van der Waals surface area contributed by atoms with Crippen LogP contribution in [-0.2, 0) is 0 Å². The molecule has 0 spiro atoms. The van der Waals surface area contributed by atoms with Gasteiger partial charge < -0.3 is 0 Å². The van der Waals surface area contributed by atoms with Crippen molar-refractivity contribution in [3.8, 4) is 0 Å². The standard InChI is InChI=1S/C14H16S2/c1-14(2)9-5-8-12-13(14)16-11-7-4-3-6-10(11)15-12/h3-4,6-7H,5,8-9H2,1-2H3. The van der Waals surface area contributed by atoms with Gasteiger partial charge in [0.1, 0.15) is 0 Å². The molecule has 0 nitrogen and oxygen atoms in total. The van der Waals surface area contributed by atoms with Crippen molar-refractivity contribution >= 4 is 23.5 Å². The molecule has 1 aromatic rings. The normalized spacial score (nSPS) is 22.6. The molecular weight excluding hydrogens is 232 g/mol. The van der Waals surface area contributed by atoms with Gasteiger partial charge in [0.2, 0.25) is 0 Å². The van der Waals surface area contributed by atoms with Gasteiger partial charge in [-0.3, -0.25) is 0 Å². The fourth-order valence-electron chi connectivity index (χ4n) is 2.45. The monoisotopic (exact) mass is 248 g/mol. The lowest BCUT2D eigenvalue weighted by atomic mass is 9.82. The molecule has 3 rings (SSSR count). The topological polar surface area (TPSA) is 0 Å². The molecule has 2 heteroatoms. The number of hydrogen-bond acceptors (Lipinski definition) is 2. The number of thioether (sulfide) groups is 2.